The summed E-state index contributed by atoms with van der Waals surface area (Å²) < 4.78 is 0. The Bertz CT molecular complexity index is 528. The highest BCUT2D eigenvalue weighted by molar-refractivity contribution is 6.30. The molecule has 0 aromatic heterocycles. The number of benzene rings is 1. The third-order valence-corrected chi connectivity index (χ3v) is 4.07. The predicted octanol–water partition coefficient (Wildman–Crippen LogP) is 2.03. The fraction of sp³-hybridized carbons (Fsp3) is 0.500. The first-order valence-electron chi connectivity index (χ1n) is 7.76. The Balaban J connectivity index is 1.67. The molecule has 0 aliphatic carbocycles. The van der Waals surface area contributed by atoms with Crippen LogP contribution in [0.2, 0.25) is 5.02 Å². The lowest BCUT2D eigenvalue weighted by molar-refractivity contribution is -0.137. The Morgan fingerprint density at radius 1 is 1.13 bits per heavy atom. The van der Waals surface area contributed by atoms with E-state index in [1.165, 1.54) is 5.56 Å². The van der Waals surface area contributed by atoms with E-state index in [9.17, 15) is 9.59 Å². The van der Waals surface area contributed by atoms with Gasteiger partial charge in [-0.1, -0.05) is 23.7 Å². The summed E-state index contributed by atoms with van der Waals surface area (Å²) >= 11 is 5.88. The summed E-state index contributed by atoms with van der Waals surface area (Å²) in [6.07, 6.45) is 0.534. The molecule has 1 aromatic rings. The van der Waals surface area contributed by atoms with E-state index in [0.717, 1.165) is 24.7 Å². The van der Waals surface area contributed by atoms with Gasteiger partial charge in [-0.2, -0.15) is 0 Å². The molecular weight excluding hydrogens is 318 g/mol. The van der Waals surface area contributed by atoms with Crippen LogP contribution in [0.1, 0.15) is 18.4 Å². The number of carboxylic acid groups (broad SMARTS) is 1. The van der Waals surface area contributed by atoms with Gasteiger partial charge in [0.15, 0.2) is 0 Å². The van der Waals surface area contributed by atoms with Crippen molar-refractivity contribution in [3.8, 4) is 0 Å². The van der Waals surface area contributed by atoms with Crippen LogP contribution in [0.15, 0.2) is 24.3 Å². The standard InChI is InChI=1S/C16H22ClN3O3/c17-14-5-3-13(4-6-14)12-19-8-10-20(11-9-19)16(23)18-7-1-2-15(21)22/h3-6H,1-2,7-12H2,(H,18,23)(H,21,22). The Hall–Kier alpha value is -1.79. The van der Waals surface area contributed by atoms with Crippen LogP contribution < -0.4 is 5.32 Å². The molecular formula is C16H22ClN3O3. The van der Waals surface area contributed by atoms with Crippen molar-refractivity contribution in [3.63, 3.8) is 0 Å². The van der Waals surface area contributed by atoms with Crippen molar-refractivity contribution in [2.45, 2.75) is 19.4 Å². The van der Waals surface area contributed by atoms with Crippen LogP contribution in [-0.2, 0) is 11.3 Å². The smallest absolute Gasteiger partial charge is 0.317 e. The fourth-order valence-electron chi connectivity index (χ4n) is 2.50. The lowest BCUT2D eigenvalue weighted by Crippen LogP contribution is -2.51. The average molecular weight is 340 g/mol. The number of halogens is 1. The SMILES string of the molecule is O=C(O)CCCNC(=O)N1CCN(Cc2ccc(Cl)cc2)CC1. The number of amides is 2. The molecule has 0 radical (unpaired) electrons. The Kier molecular flexibility index (Phi) is 6.67. The van der Waals surface area contributed by atoms with Crippen molar-refractivity contribution in [3.05, 3.63) is 34.9 Å². The molecule has 1 aliphatic heterocycles. The average Bonchev–Trinajstić information content (AvgIpc) is 2.54. The second kappa shape index (κ2) is 8.74. The molecule has 2 N–H and O–H groups in total. The summed E-state index contributed by atoms with van der Waals surface area (Å²) in [6.45, 7) is 4.26. The van der Waals surface area contributed by atoms with Gasteiger partial charge in [-0.15, -0.1) is 0 Å². The van der Waals surface area contributed by atoms with Crippen LogP contribution in [0.4, 0.5) is 4.79 Å². The topological polar surface area (TPSA) is 72.9 Å². The Labute approximate surface area is 141 Å². The number of hydrogen-bond donors (Lipinski definition) is 2. The lowest BCUT2D eigenvalue weighted by Gasteiger charge is -2.34. The van der Waals surface area contributed by atoms with Crippen molar-refractivity contribution in [2.75, 3.05) is 32.7 Å². The van der Waals surface area contributed by atoms with E-state index < -0.39 is 5.97 Å². The highest BCUT2D eigenvalue weighted by atomic mass is 35.5. The summed E-state index contributed by atoms with van der Waals surface area (Å²) in [5.41, 5.74) is 1.21. The summed E-state index contributed by atoms with van der Waals surface area (Å²) in [7, 11) is 0. The molecule has 0 bridgehead atoms. The minimum atomic E-state index is -0.838. The van der Waals surface area contributed by atoms with E-state index in [1.54, 1.807) is 4.90 Å². The zero-order chi connectivity index (χ0) is 16.7. The largest absolute Gasteiger partial charge is 0.481 e. The van der Waals surface area contributed by atoms with Crippen molar-refractivity contribution >= 4 is 23.6 Å². The van der Waals surface area contributed by atoms with Crippen LogP contribution in [-0.4, -0.2) is 59.6 Å². The summed E-state index contributed by atoms with van der Waals surface area (Å²) in [5.74, 6) is -0.838. The summed E-state index contributed by atoms with van der Waals surface area (Å²) in [6, 6.07) is 7.70. The number of hydrogen-bond acceptors (Lipinski definition) is 3. The van der Waals surface area contributed by atoms with Gasteiger partial charge >= 0.3 is 12.0 Å². The van der Waals surface area contributed by atoms with Gasteiger partial charge in [0.25, 0.3) is 0 Å². The maximum absolute atomic E-state index is 12.0. The van der Waals surface area contributed by atoms with Gasteiger partial charge in [-0.25, -0.2) is 4.79 Å². The van der Waals surface area contributed by atoms with Gasteiger partial charge in [-0.05, 0) is 24.1 Å². The quantitative estimate of drug-likeness (QED) is 0.778. The third kappa shape index (κ3) is 6.08. The molecule has 1 aliphatic rings. The zero-order valence-electron chi connectivity index (χ0n) is 13.0. The molecule has 0 spiro atoms. The van der Waals surface area contributed by atoms with E-state index in [0.29, 0.717) is 26.1 Å². The molecule has 1 heterocycles. The van der Waals surface area contributed by atoms with Crippen LogP contribution in [0.3, 0.4) is 0 Å². The number of rotatable bonds is 6. The second-order valence-electron chi connectivity index (χ2n) is 5.62. The van der Waals surface area contributed by atoms with Gasteiger partial charge in [0.1, 0.15) is 0 Å². The van der Waals surface area contributed by atoms with Gasteiger partial charge in [-0.3, -0.25) is 9.69 Å². The summed E-state index contributed by atoms with van der Waals surface area (Å²) in [4.78, 5) is 26.5. The minimum Gasteiger partial charge on any atom is -0.481 e. The van der Waals surface area contributed by atoms with Crippen molar-refractivity contribution in [2.24, 2.45) is 0 Å². The first kappa shape index (κ1) is 17.6. The van der Waals surface area contributed by atoms with E-state index in [2.05, 4.69) is 10.2 Å². The number of nitrogens with zero attached hydrogens (tertiary/aromatic N) is 2. The molecule has 0 saturated carbocycles. The molecule has 23 heavy (non-hydrogen) atoms. The number of piperazine rings is 1. The first-order valence-corrected chi connectivity index (χ1v) is 8.14. The molecule has 126 valence electrons. The maximum atomic E-state index is 12.0. The van der Waals surface area contributed by atoms with Crippen molar-refractivity contribution < 1.29 is 14.7 Å². The van der Waals surface area contributed by atoms with E-state index >= 15 is 0 Å². The van der Waals surface area contributed by atoms with Gasteiger partial charge in [0, 0.05) is 50.7 Å². The molecule has 1 fully saturated rings. The number of nitrogens with one attached hydrogen (secondary N) is 1. The molecule has 2 amide bonds. The highest BCUT2D eigenvalue weighted by Crippen LogP contribution is 2.13. The second-order valence-corrected chi connectivity index (χ2v) is 6.06. The molecule has 0 atom stereocenters. The number of carboxylic acids is 1. The van der Waals surface area contributed by atoms with E-state index in [4.69, 9.17) is 16.7 Å². The Morgan fingerprint density at radius 2 is 1.78 bits per heavy atom. The molecule has 0 unspecified atom stereocenters. The first-order chi connectivity index (χ1) is 11.0. The molecule has 6 nitrogen and oxygen atoms in total. The van der Waals surface area contributed by atoms with Crippen molar-refractivity contribution in [1.29, 1.82) is 0 Å². The normalized spacial score (nSPS) is 15.4. The zero-order valence-corrected chi connectivity index (χ0v) is 13.8. The maximum Gasteiger partial charge on any atom is 0.317 e. The third-order valence-electron chi connectivity index (χ3n) is 3.82. The number of aliphatic carboxylic acids is 1. The van der Waals surface area contributed by atoms with Gasteiger partial charge in [0.2, 0.25) is 0 Å². The van der Waals surface area contributed by atoms with Crippen molar-refractivity contribution in [1.82, 2.24) is 15.1 Å². The highest BCUT2D eigenvalue weighted by Gasteiger charge is 2.20. The summed E-state index contributed by atoms with van der Waals surface area (Å²) in [5, 5.41) is 12.1. The van der Waals surface area contributed by atoms with Crippen LogP contribution in [0.5, 0.6) is 0 Å². The monoisotopic (exact) mass is 339 g/mol. The molecule has 1 saturated heterocycles. The Morgan fingerprint density at radius 3 is 2.39 bits per heavy atom. The number of carbonyl (C=O) groups is 2. The predicted molar refractivity (Wildman–Crippen MR) is 88.6 cm³/mol. The van der Waals surface area contributed by atoms with Crippen LogP contribution in [0.25, 0.3) is 0 Å². The van der Waals surface area contributed by atoms with Gasteiger partial charge in [0.05, 0.1) is 0 Å². The molecule has 1 aromatic carbocycles. The minimum absolute atomic E-state index is 0.0785. The molecule has 7 heteroatoms. The fourth-order valence-corrected chi connectivity index (χ4v) is 2.63. The van der Waals surface area contributed by atoms with E-state index in [-0.39, 0.29) is 12.5 Å². The lowest BCUT2D eigenvalue weighted by atomic mass is 10.2. The van der Waals surface area contributed by atoms with Gasteiger partial charge < -0.3 is 15.3 Å². The molecule has 2 rings (SSSR count). The van der Waals surface area contributed by atoms with Crippen LogP contribution in [0, 0.1) is 0 Å². The van der Waals surface area contributed by atoms with E-state index in [1.807, 2.05) is 24.3 Å². The number of carbonyl (C=O) groups excluding carboxylic acids is 1. The number of urea groups is 1. The van der Waals surface area contributed by atoms with Crippen LogP contribution >= 0.6 is 11.6 Å².